The standard InChI is InChI=1S/C15H14ClN3O/c1-10-7-14(12(16)8-13(10)18-9-17)19-15(20)11-5-3-2-4-6-11/h2-9H,1H3,(H2,17,18)(H,19,20). The number of aryl methyl sites for hydroxylation is 1. The number of nitrogens with one attached hydrogen (secondary N) is 1. The number of carbonyl (C=O) groups is 1. The van der Waals surface area contributed by atoms with E-state index in [9.17, 15) is 4.79 Å². The summed E-state index contributed by atoms with van der Waals surface area (Å²) in [6, 6.07) is 12.4. The van der Waals surface area contributed by atoms with Gasteiger partial charge in [-0.05, 0) is 36.8 Å². The molecule has 2 aromatic rings. The van der Waals surface area contributed by atoms with Crippen LogP contribution < -0.4 is 11.1 Å². The molecule has 0 aliphatic heterocycles. The number of carbonyl (C=O) groups excluding carboxylic acids is 1. The number of hydrogen-bond donors (Lipinski definition) is 2. The Kier molecular flexibility index (Phi) is 4.38. The van der Waals surface area contributed by atoms with Crippen molar-refractivity contribution in [3.8, 4) is 0 Å². The molecule has 2 rings (SSSR count). The zero-order valence-corrected chi connectivity index (χ0v) is 11.7. The maximum absolute atomic E-state index is 12.1. The summed E-state index contributed by atoms with van der Waals surface area (Å²) in [5.41, 5.74) is 7.94. The van der Waals surface area contributed by atoms with Gasteiger partial charge in [0.2, 0.25) is 0 Å². The predicted octanol–water partition coefficient (Wildman–Crippen LogP) is 3.52. The minimum absolute atomic E-state index is 0.207. The average Bonchev–Trinajstić information content (AvgIpc) is 2.45. The minimum atomic E-state index is -0.207. The van der Waals surface area contributed by atoms with Crippen LogP contribution in [0.15, 0.2) is 47.5 Å². The van der Waals surface area contributed by atoms with Gasteiger partial charge in [-0.3, -0.25) is 4.79 Å². The molecule has 0 radical (unpaired) electrons. The highest BCUT2D eigenvalue weighted by molar-refractivity contribution is 6.34. The summed E-state index contributed by atoms with van der Waals surface area (Å²) in [5.74, 6) is -0.207. The van der Waals surface area contributed by atoms with Crippen molar-refractivity contribution in [2.45, 2.75) is 6.92 Å². The van der Waals surface area contributed by atoms with E-state index >= 15 is 0 Å². The smallest absolute Gasteiger partial charge is 0.255 e. The van der Waals surface area contributed by atoms with Crippen LogP contribution in [-0.4, -0.2) is 12.2 Å². The zero-order chi connectivity index (χ0) is 14.5. The first-order valence-corrected chi connectivity index (χ1v) is 6.40. The van der Waals surface area contributed by atoms with Gasteiger partial charge in [0.1, 0.15) is 0 Å². The Hall–Kier alpha value is -2.33. The third-order valence-corrected chi connectivity index (χ3v) is 3.10. The molecule has 0 aliphatic rings. The Morgan fingerprint density at radius 1 is 1.30 bits per heavy atom. The molecule has 0 bridgehead atoms. The van der Waals surface area contributed by atoms with Crippen LogP contribution in [0.1, 0.15) is 15.9 Å². The number of amides is 1. The molecule has 102 valence electrons. The van der Waals surface area contributed by atoms with E-state index in [0.29, 0.717) is 22.0 Å². The average molecular weight is 288 g/mol. The molecule has 0 aromatic heterocycles. The Balaban J connectivity index is 2.26. The fourth-order valence-electron chi connectivity index (χ4n) is 1.77. The maximum atomic E-state index is 12.1. The largest absolute Gasteiger partial charge is 0.390 e. The third-order valence-electron chi connectivity index (χ3n) is 2.78. The Morgan fingerprint density at radius 3 is 2.65 bits per heavy atom. The lowest BCUT2D eigenvalue weighted by Crippen LogP contribution is -2.12. The Labute approximate surface area is 122 Å². The first-order chi connectivity index (χ1) is 9.61. The fraction of sp³-hybridized carbons (Fsp3) is 0.0667. The van der Waals surface area contributed by atoms with Crippen molar-refractivity contribution < 1.29 is 4.79 Å². The number of anilines is 1. The maximum Gasteiger partial charge on any atom is 0.255 e. The molecule has 0 spiro atoms. The summed E-state index contributed by atoms with van der Waals surface area (Å²) in [5, 5.41) is 3.20. The predicted molar refractivity (Wildman–Crippen MR) is 82.9 cm³/mol. The summed E-state index contributed by atoms with van der Waals surface area (Å²) in [4.78, 5) is 16.1. The van der Waals surface area contributed by atoms with Gasteiger partial charge in [0.25, 0.3) is 5.91 Å². The number of halogens is 1. The van der Waals surface area contributed by atoms with Crippen molar-refractivity contribution in [3.63, 3.8) is 0 Å². The van der Waals surface area contributed by atoms with E-state index in [1.165, 1.54) is 6.34 Å². The summed E-state index contributed by atoms with van der Waals surface area (Å²) < 4.78 is 0. The molecule has 5 heteroatoms. The molecule has 0 saturated heterocycles. The highest BCUT2D eigenvalue weighted by atomic mass is 35.5. The molecule has 3 N–H and O–H groups in total. The van der Waals surface area contributed by atoms with Gasteiger partial charge in [0.15, 0.2) is 0 Å². The number of hydrogen-bond acceptors (Lipinski definition) is 2. The monoisotopic (exact) mass is 287 g/mol. The summed E-state index contributed by atoms with van der Waals surface area (Å²) in [6.07, 6.45) is 1.21. The zero-order valence-electron chi connectivity index (χ0n) is 10.9. The SMILES string of the molecule is Cc1cc(NC(=O)c2ccccc2)c(Cl)cc1N=CN. The molecular weight excluding hydrogens is 274 g/mol. The summed E-state index contributed by atoms with van der Waals surface area (Å²) >= 11 is 6.14. The van der Waals surface area contributed by atoms with Gasteiger partial charge in [0.05, 0.1) is 22.7 Å². The van der Waals surface area contributed by atoms with Gasteiger partial charge >= 0.3 is 0 Å². The highest BCUT2D eigenvalue weighted by Crippen LogP contribution is 2.30. The Morgan fingerprint density at radius 2 is 2.00 bits per heavy atom. The van der Waals surface area contributed by atoms with E-state index in [1.807, 2.05) is 13.0 Å². The van der Waals surface area contributed by atoms with Gasteiger partial charge < -0.3 is 11.1 Å². The highest BCUT2D eigenvalue weighted by Gasteiger charge is 2.10. The molecule has 0 heterocycles. The molecule has 0 unspecified atom stereocenters. The molecule has 0 aliphatic carbocycles. The first-order valence-electron chi connectivity index (χ1n) is 6.02. The van der Waals surface area contributed by atoms with Crippen LogP contribution >= 0.6 is 11.6 Å². The number of nitrogens with two attached hydrogens (primary N) is 1. The van der Waals surface area contributed by atoms with Crippen LogP contribution in [0.2, 0.25) is 5.02 Å². The first kappa shape index (κ1) is 14.1. The fourth-order valence-corrected chi connectivity index (χ4v) is 1.98. The normalized spacial score (nSPS) is 10.7. The van der Waals surface area contributed by atoms with Crippen LogP contribution in [0.3, 0.4) is 0 Å². The molecule has 0 atom stereocenters. The minimum Gasteiger partial charge on any atom is -0.390 e. The lowest BCUT2D eigenvalue weighted by atomic mass is 10.1. The van der Waals surface area contributed by atoms with Crippen LogP contribution in [0, 0.1) is 6.92 Å². The van der Waals surface area contributed by atoms with E-state index in [-0.39, 0.29) is 5.91 Å². The van der Waals surface area contributed by atoms with Crippen molar-refractivity contribution in [3.05, 3.63) is 58.6 Å². The van der Waals surface area contributed by atoms with Gasteiger partial charge in [0, 0.05) is 5.56 Å². The molecule has 4 nitrogen and oxygen atoms in total. The second-order valence-electron chi connectivity index (χ2n) is 4.22. The van der Waals surface area contributed by atoms with Crippen LogP contribution in [-0.2, 0) is 0 Å². The van der Waals surface area contributed by atoms with Crippen LogP contribution in [0.5, 0.6) is 0 Å². The van der Waals surface area contributed by atoms with Gasteiger partial charge in [-0.15, -0.1) is 0 Å². The topological polar surface area (TPSA) is 67.5 Å². The van der Waals surface area contributed by atoms with Crippen molar-refractivity contribution in [2.75, 3.05) is 5.32 Å². The Bertz CT molecular complexity index is 654. The molecule has 20 heavy (non-hydrogen) atoms. The molecule has 0 fully saturated rings. The second-order valence-corrected chi connectivity index (χ2v) is 4.62. The second kappa shape index (κ2) is 6.21. The van der Waals surface area contributed by atoms with Crippen molar-refractivity contribution in [1.29, 1.82) is 0 Å². The van der Waals surface area contributed by atoms with Gasteiger partial charge in [-0.2, -0.15) is 0 Å². The number of nitrogens with zero attached hydrogens (tertiary/aromatic N) is 1. The lowest BCUT2D eigenvalue weighted by molar-refractivity contribution is 0.102. The molecule has 0 saturated carbocycles. The van der Waals surface area contributed by atoms with Crippen LogP contribution in [0.4, 0.5) is 11.4 Å². The van der Waals surface area contributed by atoms with E-state index in [4.69, 9.17) is 17.3 Å². The molecule has 1 amide bonds. The van der Waals surface area contributed by atoms with Crippen LogP contribution in [0.25, 0.3) is 0 Å². The van der Waals surface area contributed by atoms with E-state index < -0.39 is 0 Å². The number of aliphatic imine (C=N–C) groups is 1. The summed E-state index contributed by atoms with van der Waals surface area (Å²) in [6.45, 7) is 1.87. The van der Waals surface area contributed by atoms with Gasteiger partial charge in [-0.1, -0.05) is 29.8 Å². The molecule has 2 aromatic carbocycles. The van der Waals surface area contributed by atoms with E-state index in [1.54, 1.807) is 36.4 Å². The number of benzene rings is 2. The van der Waals surface area contributed by atoms with E-state index in [0.717, 1.165) is 5.56 Å². The quantitative estimate of drug-likeness (QED) is 0.670. The van der Waals surface area contributed by atoms with E-state index in [2.05, 4.69) is 10.3 Å². The van der Waals surface area contributed by atoms with Gasteiger partial charge in [-0.25, -0.2) is 4.99 Å². The number of rotatable bonds is 3. The van der Waals surface area contributed by atoms with Crippen molar-refractivity contribution >= 4 is 35.2 Å². The lowest BCUT2D eigenvalue weighted by Gasteiger charge is -2.10. The summed E-state index contributed by atoms with van der Waals surface area (Å²) in [7, 11) is 0. The third kappa shape index (κ3) is 3.16. The molecular formula is C15H14ClN3O. The van der Waals surface area contributed by atoms with Crippen molar-refractivity contribution in [2.24, 2.45) is 10.7 Å². The van der Waals surface area contributed by atoms with Crippen molar-refractivity contribution in [1.82, 2.24) is 0 Å².